The van der Waals surface area contributed by atoms with E-state index in [9.17, 15) is 9.18 Å². The maximum Gasteiger partial charge on any atom is 0.410 e. The highest BCUT2D eigenvalue weighted by atomic mass is 35.5. The molecule has 1 aliphatic heterocycles. The number of amides is 1. The summed E-state index contributed by atoms with van der Waals surface area (Å²) in [6.45, 7) is 6.70. The van der Waals surface area contributed by atoms with E-state index in [0.29, 0.717) is 23.7 Å². The van der Waals surface area contributed by atoms with Gasteiger partial charge in [-0.2, -0.15) is 0 Å². The van der Waals surface area contributed by atoms with E-state index in [1.165, 1.54) is 6.07 Å². The summed E-state index contributed by atoms with van der Waals surface area (Å²) in [6.07, 6.45) is 0.485. The van der Waals surface area contributed by atoms with Gasteiger partial charge in [-0.3, -0.25) is 0 Å². The van der Waals surface area contributed by atoms with Crippen molar-refractivity contribution in [3.8, 4) is 0 Å². The number of hydrogen-bond acceptors (Lipinski definition) is 3. The highest BCUT2D eigenvalue weighted by Gasteiger charge is 2.35. The molecule has 4 nitrogen and oxygen atoms in total. The largest absolute Gasteiger partial charge is 0.444 e. The van der Waals surface area contributed by atoms with Crippen LogP contribution in [0.3, 0.4) is 0 Å². The van der Waals surface area contributed by atoms with Gasteiger partial charge in [0.2, 0.25) is 0 Å². The fourth-order valence-electron chi connectivity index (χ4n) is 2.95. The van der Waals surface area contributed by atoms with Crippen LogP contribution in [0, 0.1) is 11.7 Å². The van der Waals surface area contributed by atoms with Gasteiger partial charge >= 0.3 is 6.09 Å². The SMILES string of the molecule is CNC(c1ccc(Cl)cc1F)C1CCN(C(=O)OC(C)(C)C)C1. The molecule has 1 saturated heterocycles. The fourth-order valence-corrected chi connectivity index (χ4v) is 3.11. The third kappa shape index (κ3) is 4.58. The Balaban J connectivity index is 2.08. The van der Waals surface area contributed by atoms with Crippen molar-refractivity contribution in [3.05, 3.63) is 34.6 Å². The number of hydrogen-bond donors (Lipinski definition) is 1. The Morgan fingerprint density at radius 1 is 1.48 bits per heavy atom. The van der Waals surface area contributed by atoms with E-state index >= 15 is 0 Å². The fraction of sp³-hybridized carbons (Fsp3) is 0.588. The first-order chi connectivity index (χ1) is 10.7. The van der Waals surface area contributed by atoms with Crippen molar-refractivity contribution in [2.45, 2.75) is 38.8 Å². The highest BCUT2D eigenvalue weighted by Crippen LogP contribution is 2.32. The minimum Gasteiger partial charge on any atom is -0.444 e. The van der Waals surface area contributed by atoms with Crippen molar-refractivity contribution in [2.75, 3.05) is 20.1 Å². The standard InChI is InChI=1S/C17H24ClFN2O2/c1-17(2,3)23-16(22)21-8-7-11(10-21)15(20-4)13-6-5-12(18)9-14(13)19/h5-6,9,11,15,20H,7-8,10H2,1-4H3. The first-order valence-corrected chi connectivity index (χ1v) is 8.19. The molecule has 6 heteroatoms. The molecule has 0 bridgehead atoms. The maximum absolute atomic E-state index is 14.2. The monoisotopic (exact) mass is 342 g/mol. The predicted octanol–water partition coefficient (Wildman–Crippen LogP) is 4.00. The number of carbonyl (C=O) groups is 1. The first-order valence-electron chi connectivity index (χ1n) is 7.81. The molecule has 2 atom stereocenters. The third-order valence-corrected chi connectivity index (χ3v) is 4.19. The lowest BCUT2D eigenvalue weighted by Crippen LogP contribution is -2.36. The molecule has 1 aromatic carbocycles. The van der Waals surface area contributed by atoms with E-state index in [1.54, 1.807) is 24.1 Å². The number of halogens is 2. The second-order valence-electron chi connectivity index (χ2n) is 6.91. The molecule has 0 aromatic heterocycles. The molecular formula is C17H24ClFN2O2. The summed E-state index contributed by atoms with van der Waals surface area (Å²) in [7, 11) is 1.80. The van der Waals surface area contributed by atoms with Crippen LogP contribution in [0.4, 0.5) is 9.18 Å². The molecule has 0 aliphatic carbocycles. The second-order valence-corrected chi connectivity index (χ2v) is 7.34. The molecule has 1 fully saturated rings. The van der Waals surface area contributed by atoms with Crippen molar-refractivity contribution in [3.63, 3.8) is 0 Å². The molecule has 23 heavy (non-hydrogen) atoms. The molecule has 1 heterocycles. The molecule has 0 saturated carbocycles. The van der Waals surface area contributed by atoms with Crippen molar-refractivity contribution < 1.29 is 13.9 Å². The smallest absolute Gasteiger partial charge is 0.410 e. The van der Waals surface area contributed by atoms with Gasteiger partial charge in [0.25, 0.3) is 0 Å². The third-order valence-electron chi connectivity index (χ3n) is 3.96. The van der Waals surface area contributed by atoms with Gasteiger partial charge in [-0.25, -0.2) is 9.18 Å². The Bertz CT molecular complexity index is 574. The minimum atomic E-state index is -0.514. The lowest BCUT2D eigenvalue weighted by Gasteiger charge is -2.26. The van der Waals surface area contributed by atoms with Crippen LogP contribution < -0.4 is 5.32 Å². The van der Waals surface area contributed by atoms with Crippen molar-refractivity contribution in [1.82, 2.24) is 10.2 Å². The Hall–Kier alpha value is -1.33. The van der Waals surface area contributed by atoms with E-state index in [4.69, 9.17) is 16.3 Å². The van der Waals surface area contributed by atoms with Crippen molar-refractivity contribution in [1.29, 1.82) is 0 Å². The summed E-state index contributed by atoms with van der Waals surface area (Å²) in [5, 5.41) is 3.54. The van der Waals surface area contributed by atoms with Gasteiger partial charge in [0, 0.05) is 29.7 Å². The zero-order valence-corrected chi connectivity index (χ0v) is 14.8. The van der Waals surface area contributed by atoms with Gasteiger partial charge in [0.05, 0.1) is 0 Å². The van der Waals surface area contributed by atoms with Gasteiger partial charge in [-0.1, -0.05) is 17.7 Å². The number of carbonyl (C=O) groups excluding carboxylic acids is 1. The van der Waals surface area contributed by atoms with Gasteiger partial charge in [0.1, 0.15) is 11.4 Å². The molecule has 1 amide bonds. The average molecular weight is 343 g/mol. The first kappa shape index (κ1) is 18.0. The van der Waals surface area contributed by atoms with Crippen LogP contribution in [0.15, 0.2) is 18.2 Å². The molecule has 1 aliphatic rings. The summed E-state index contributed by atoms with van der Waals surface area (Å²) < 4.78 is 19.6. The molecule has 2 rings (SSSR count). The quantitative estimate of drug-likeness (QED) is 0.902. The van der Waals surface area contributed by atoms with Crippen LogP contribution in [0.1, 0.15) is 38.8 Å². The van der Waals surface area contributed by atoms with Crippen LogP contribution in [0.2, 0.25) is 5.02 Å². The highest BCUT2D eigenvalue weighted by molar-refractivity contribution is 6.30. The topological polar surface area (TPSA) is 41.6 Å². The minimum absolute atomic E-state index is 0.128. The van der Waals surface area contributed by atoms with Crippen molar-refractivity contribution >= 4 is 17.7 Å². The van der Waals surface area contributed by atoms with E-state index in [1.807, 2.05) is 20.8 Å². The zero-order chi connectivity index (χ0) is 17.2. The van der Waals surface area contributed by atoms with Crippen molar-refractivity contribution in [2.24, 2.45) is 5.92 Å². The van der Waals surface area contributed by atoms with Gasteiger partial charge < -0.3 is 15.0 Å². The number of likely N-dealkylation sites (tertiary alicyclic amines) is 1. The van der Waals surface area contributed by atoms with Crippen LogP contribution in [-0.2, 0) is 4.74 Å². The molecule has 1 N–H and O–H groups in total. The van der Waals surface area contributed by atoms with E-state index < -0.39 is 5.60 Å². The molecule has 2 unspecified atom stereocenters. The Morgan fingerprint density at radius 2 is 2.17 bits per heavy atom. The zero-order valence-electron chi connectivity index (χ0n) is 14.0. The normalized spacial score (nSPS) is 19.7. The molecular weight excluding hydrogens is 319 g/mol. The second kappa shape index (κ2) is 7.05. The van der Waals surface area contributed by atoms with Gasteiger partial charge in [0.15, 0.2) is 0 Å². The van der Waals surface area contributed by atoms with Crippen LogP contribution in [-0.4, -0.2) is 36.7 Å². The maximum atomic E-state index is 14.2. The Morgan fingerprint density at radius 3 is 2.74 bits per heavy atom. The van der Waals surface area contributed by atoms with Crippen LogP contribution in [0.5, 0.6) is 0 Å². The van der Waals surface area contributed by atoms with Crippen LogP contribution >= 0.6 is 11.6 Å². The van der Waals surface area contributed by atoms with E-state index in [0.717, 1.165) is 6.42 Å². The number of rotatable bonds is 3. The van der Waals surface area contributed by atoms with Crippen LogP contribution in [0.25, 0.3) is 0 Å². The lowest BCUT2D eigenvalue weighted by molar-refractivity contribution is 0.0285. The Labute approximate surface area is 141 Å². The number of nitrogens with zero attached hydrogens (tertiary/aromatic N) is 1. The summed E-state index contributed by atoms with van der Waals surface area (Å²) in [4.78, 5) is 13.8. The molecule has 1 aromatic rings. The van der Waals surface area contributed by atoms with Gasteiger partial charge in [-0.15, -0.1) is 0 Å². The summed E-state index contributed by atoms with van der Waals surface area (Å²) in [5.41, 5.74) is 0.0628. The number of ether oxygens (including phenoxy) is 1. The summed E-state index contributed by atoms with van der Waals surface area (Å²) >= 11 is 5.82. The molecule has 0 spiro atoms. The Kier molecular flexibility index (Phi) is 5.53. The molecule has 128 valence electrons. The lowest BCUT2D eigenvalue weighted by atomic mass is 9.92. The van der Waals surface area contributed by atoms with Gasteiger partial charge in [-0.05, 0) is 52.3 Å². The number of benzene rings is 1. The number of nitrogens with one attached hydrogen (secondary N) is 1. The summed E-state index contributed by atoms with van der Waals surface area (Å²) in [5.74, 6) is -0.198. The summed E-state index contributed by atoms with van der Waals surface area (Å²) in [6, 6.07) is 4.54. The van der Waals surface area contributed by atoms with E-state index in [2.05, 4.69) is 5.32 Å². The predicted molar refractivity (Wildman–Crippen MR) is 89.1 cm³/mol. The van der Waals surface area contributed by atoms with E-state index in [-0.39, 0.29) is 23.9 Å². The molecule has 0 radical (unpaired) electrons. The average Bonchev–Trinajstić information content (AvgIpc) is 2.90.